The summed E-state index contributed by atoms with van der Waals surface area (Å²) >= 11 is 6.49. The van der Waals surface area contributed by atoms with Gasteiger partial charge in [0.05, 0.1) is 5.02 Å². The van der Waals surface area contributed by atoms with E-state index in [9.17, 15) is 0 Å². The molecule has 0 radical (unpaired) electrons. The number of nitrogens with zero attached hydrogens (tertiary/aromatic N) is 2. The lowest BCUT2D eigenvalue weighted by Crippen LogP contribution is -2.27. The molecular formula is C17H26ClN3. The summed E-state index contributed by atoms with van der Waals surface area (Å²) in [5.41, 5.74) is 1.64. The highest BCUT2D eigenvalue weighted by atomic mass is 35.5. The zero-order valence-corrected chi connectivity index (χ0v) is 13.9. The summed E-state index contributed by atoms with van der Waals surface area (Å²) in [6, 6.07) is 2.80. The minimum Gasteiger partial charge on any atom is -0.355 e. The van der Waals surface area contributed by atoms with Crippen LogP contribution in [0.25, 0.3) is 0 Å². The maximum Gasteiger partial charge on any atom is 0.147 e. The Labute approximate surface area is 133 Å². The van der Waals surface area contributed by atoms with E-state index >= 15 is 0 Å². The van der Waals surface area contributed by atoms with Gasteiger partial charge in [-0.15, -0.1) is 0 Å². The summed E-state index contributed by atoms with van der Waals surface area (Å²) in [4.78, 5) is 7.02. The Hall–Kier alpha value is -0.800. The van der Waals surface area contributed by atoms with Crippen LogP contribution in [0.4, 0.5) is 5.82 Å². The topological polar surface area (TPSA) is 28.2 Å². The van der Waals surface area contributed by atoms with Gasteiger partial charge in [-0.05, 0) is 49.1 Å². The van der Waals surface area contributed by atoms with Crippen molar-refractivity contribution in [3.05, 3.63) is 22.8 Å². The molecule has 3 nitrogen and oxygen atoms in total. The highest BCUT2D eigenvalue weighted by Crippen LogP contribution is 2.40. The molecule has 2 fully saturated rings. The van der Waals surface area contributed by atoms with Gasteiger partial charge in [0, 0.05) is 31.9 Å². The number of hydrogen-bond donors (Lipinski definition) is 1. The van der Waals surface area contributed by atoms with Crippen LogP contribution in [0.1, 0.15) is 51.5 Å². The Balaban J connectivity index is 1.68. The van der Waals surface area contributed by atoms with Crippen molar-refractivity contribution < 1.29 is 0 Å². The number of nitrogens with one attached hydrogen (secondary N) is 1. The van der Waals surface area contributed by atoms with Gasteiger partial charge in [-0.2, -0.15) is 0 Å². The summed E-state index contributed by atoms with van der Waals surface area (Å²) in [7, 11) is 0. The number of pyridine rings is 1. The quantitative estimate of drug-likeness (QED) is 0.861. The molecule has 0 amide bonds. The third kappa shape index (κ3) is 3.35. The van der Waals surface area contributed by atoms with Gasteiger partial charge in [0.1, 0.15) is 5.82 Å². The monoisotopic (exact) mass is 307 g/mol. The molecule has 1 N–H and O–H groups in total. The van der Waals surface area contributed by atoms with Gasteiger partial charge in [-0.25, -0.2) is 4.98 Å². The first-order chi connectivity index (χ1) is 10.2. The third-order valence-electron chi connectivity index (χ3n) is 5.29. The summed E-state index contributed by atoms with van der Waals surface area (Å²) in [6.45, 7) is 7.65. The molecule has 21 heavy (non-hydrogen) atoms. The number of hydrogen-bond acceptors (Lipinski definition) is 3. The van der Waals surface area contributed by atoms with E-state index in [-0.39, 0.29) is 0 Å². The Morgan fingerprint density at radius 1 is 1.38 bits per heavy atom. The molecule has 1 saturated carbocycles. The highest BCUT2D eigenvalue weighted by molar-refractivity contribution is 6.33. The molecule has 0 atom stereocenters. The lowest BCUT2D eigenvalue weighted by molar-refractivity contribution is 0.301. The van der Waals surface area contributed by atoms with Crippen LogP contribution in [0.2, 0.25) is 5.02 Å². The van der Waals surface area contributed by atoms with Gasteiger partial charge in [-0.1, -0.05) is 25.4 Å². The second kappa shape index (κ2) is 6.13. The first-order valence-electron chi connectivity index (χ1n) is 8.28. The van der Waals surface area contributed by atoms with Crippen LogP contribution in [0.15, 0.2) is 12.3 Å². The van der Waals surface area contributed by atoms with E-state index < -0.39 is 0 Å². The molecule has 0 bridgehead atoms. The molecule has 3 rings (SSSR count). The zero-order chi connectivity index (χ0) is 14.9. The van der Waals surface area contributed by atoms with Gasteiger partial charge in [0.2, 0.25) is 0 Å². The smallest absolute Gasteiger partial charge is 0.147 e. The lowest BCUT2D eigenvalue weighted by Gasteiger charge is -2.27. The van der Waals surface area contributed by atoms with Crippen LogP contribution < -0.4 is 10.2 Å². The van der Waals surface area contributed by atoms with Crippen molar-refractivity contribution in [3.8, 4) is 0 Å². The molecular weight excluding hydrogens is 282 g/mol. The fraction of sp³-hybridized carbons (Fsp3) is 0.706. The van der Waals surface area contributed by atoms with Crippen LogP contribution >= 0.6 is 11.6 Å². The third-order valence-corrected chi connectivity index (χ3v) is 5.57. The Bertz CT molecular complexity index is 495. The van der Waals surface area contributed by atoms with E-state index in [1.807, 2.05) is 6.20 Å². The maximum atomic E-state index is 6.49. The summed E-state index contributed by atoms with van der Waals surface area (Å²) in [6.07, 6.45) is 8.33. The van der Waals surface area contributed by atoms with Crippen LogP contribution in [0.5, 0.6) is 0 Å². The number of anilines is 1. The minimum absolute atomic E-state index is 0.456. The van der Waals surface area contributed by atoms with Crippen LogP contribution in [-0.2, 0) is 6.54 Å². The Morgan fingerprint density at radius 3 is 2.71 bits per heavy atom. The zero-order valence-electron chi connectivity index (χ0n) is 13.2. The Morgan fingerprint density at radius 2 is 2.14 bits per heavy atom. The van der Waals surface area contributed by atoms with Crippen LogP contribution in [-0.4, -0.2) is 24.1 Å². The van der Waals surface area contributed by atoms with Gasteiger partial charge < -0.3 is 10.2 Å². The summed E-state index contributed by atoms with van der Waals surface area (Å²) < 4.78 is 0. The van der Waals surface area contributed by atoms with Gasteiger partial charge in [0.25, 0.3) is 0 Å². The molecule has 116 valence electrons. The summed E-state index contributed by atoms with van der Waals surface area (Å²) in [5, 5.41) is 4.31. The van der Waals surface area contributed by atoms with Crippen molar-refractivity contribution in [2.45, 2.75) is 58.5 Å². The van der Waals surface area contributed by atoms with Crippen molar-refractivity contribution in [2.24, 2.45) is 5.41 Å². The first kappa shape index (κ1) is 15.1. The maximum absolute atomic E-state index is 6.49. The van der Waals surface area contributed by atoms with Gasteiger partial charge in [0.15, 0.2) is 0 Å². The van der Waals surface area contributed by atoms with E-state index in [2.05, 4.69) is 35.1 Å². The molecule has 1 aromatic heterocycles. The standard InChI is InChI=1S/C17H26ClN3/c1-3-17(4-2)7-8-21(12-17)16-15(18)9-13(11-20-16)10-19-14-5-6-14/h9,11,14,19H,3-8,10,12H2,1-2H3. The molecule has 1 aliphatic carbocycles. The number of aromatic nitrogens is 1. The molecule has 0 aromatic carbocycles. The van der Waals surface area contributed by atoms with E-state index in [1.54, 1.807) is 0 Å². The van der Waals surface area contributed by atoms with E-state index in [4.69, 9.17) is 11.6 Å². The van der Waals surface area contributed by atoms with Crippen molar-refractivity contribution in [3.63, 3.8) is 0 Å². The fourth-order valence-corrected chi connectivity index (χ4v) is 3.60. The molecule has 1 saturated heterocycles. The average Bonchev–Trinajstić information content (AvgIpc) is 3.24. The molecule has 0 unspecified atom stereocenters. The molecule has 2 heterocycles. The molecule has 4 heteroatoms. The lowest BCUT2D eigenvalue weighted by atomic mass is 9.82. The normalized spacial score (nSPS) is 21.0. The number of halogens is 1. The van der Waals surface area contributed by atoms with Crippen molar-refractivity contribution in [1.82, 2.24) is 10.3 Å². The SMILES string of the molecule is CCC1(CC)CCN(c2ncc(CNC3CC3)cc2Cl)C1. The first-order valence-corrected chi connectivity index (χ1v) is 8.66. The predicted molar refractivity (Wildman–Crippen MR) is 89.0 cm³/mol. The number of rotatable bonds is 6. The van der Waals surface area contributed by atoms with E-state index in [1.165, 1.54) is 37.7 Å². The molecule has 1 aliphatic heterocycles. The van der Waals surface area contributed by atoms with Crippen molar-refractivity contribution in [2.75, 3.05) is 18.0 Å². The minimum atomic E-state index is 0.456. The predicted octanol–water partition coefficient (Wildman–Crippen LogP) is 4.00. The molecule has 2 aliphatic rings. The summed E-state index contributed by atoms with van der Waals surface area (Å²) in [5.74, 6) is 0.968. The molecule has 0 spiro atoms. The second-order valence-corrected chi connectivity index (χ2v) is 7.09. The van der Waals surface area contributed by atoms with Crippen LogP contribution in [0, 0.1) is 5.41 Å². The average molecular weight is 308 g/mol. The Kier molecular flexibility index (Phi) is 4.41. The van der Waals surface area contributed by atoms with Crippen molar-refractivity contribution in [1.29, 1.82) is 0 Å². The largest absolute Gasteiger partial charge is 0.355 e. The van der Waals surface area contributed by atoms with E-state index in [0.29, 0.717) is 5.41 Å². The fourth-order valence-electron chi connectivity index (χ4n) is 3.29. The van der Waals surface area contributed by atoms with E-state index in [0.717, 1.165) is 36.5 Å². The highest BCUT2D eigenvalue weighted by Gasteiger charge is 2.36. The second-order valence-electron chi connectivity index (χ2n) is 6.68. The van der Waals surface area contributed by atoms with Crippen molar-refractivity contribution >= 4 is 17.4 Å². The van der Waals surface area contributed by atoms with Gasteiger partial charge >= 0.3 is 0 Å². The van der Waals surface area contributed by atoms with Gasteiger partial charge in [-0.3, -0.25) is 0 Å². The van der Waals surface area contributed by atoms with Crippen LogP contribution in [0.3, 0.4) is 0 Å². The molecule has 1 aromatic rings.